The second-order valence-corrected chi connectivity index (χ2v) is 5.92. The lowest BCUT2D eigenvalue weighted by Crippen LogP contribution is -2.22. The molecule has 1 N–H and O–H groups in total. The molecule has 0 radical (unpaired) electrons. The van der Waals surface area contributed by atoms with Gasteiger partial charge in [-0.25, -0.2) is 4.39 Å². The van der Waals surface area contributed by atoms with E-state index in [0.29, 0.717) is 0 Å². The first-order chi connectivity index (χ1) is 9.51. The molecule has 0 bridgehead atoms. The predicted octanol–water partition coefficient (Wildman–Crippen LogP) is 4.90. The van der Waals surface area contributed by atoms with Gasteiger partial charge in [0.25, 0.3) is 0 Å². The number of benzene rings is 2. The Balaban J connectivity index is 2.46. The number of rotatable bonds is 4. The summed E-state index contributed by atoms with van der Waals surface area (Å²) in [7, 11) is 0. The fourth-order valence-corrected chi connectivity index (χ4v) is 2.66. The Kier molecular flexibility index (Phi) is 4.95. The third-order valence-corrected chi connectivity index (χ3v) is 4.21. The zero-order chi connectivity index (χ0) is 14.7. The molecule has 0 aromatic heterocycles. The van der Waals surface area contributed by atoms with Crippen molar-refractivity contribution in [3.63, 3.8) is 0 Å². The molecule has 1 atom stereocenters. The van der Waals surface area contributed by atoms with Gasteiger partial charge in [0.2, 0.25) is 0 Å². The average Bonchev–Trinajstić information content (AvgIpc) is 2.38. The molecule has 0 aliphatic heterocycles. The smallest absolute Gasteiger partial charge is 0.123 e. The van der Waals surface area contributed by atoms with Crippen LogP contribution >= 0.6 is 15.9 Å². The molecule has 1 nitrogen and oxygen atoms in total. The summed E-state index contributed by atoms with van der Waals surface area (Å²) in [4.78, 5) is 0. The van der Waals surface area contributed by atoms with E-state index in [1.54, 1.807) is 12.1 Å². The summed E-state index contributed by atoms with van der Waals surface area (Å²) in [5, 5.41) is 3.43. The number of aryl methyl sites for hydroxylation is 2. The van der Waals surface area contributed by atoms with Gasteiger partial charge in [-0.2, -0.15) is 0 Å². The minimum atomic E-state index is -0.184. The van der Waals surface area contributed by atoms with Crippen LogP contribution in [0.25, 0.3) is 0 Å². The van der Waals surface area contributed by atoms with E-state index in [-0.39, 0.29) is 11.9 Å². The molecule has 106 valence electrons. The van der Waals surface area contributed by atoms with Gasteiger partial charge in [0.1, 0.15) is 5.82 Å². The Morgan fingerprint density at radius 3 is 2.45 bits per heavy atom. The van der Waals surface area contributed by atoms with Crippen molar-refractivity contribution in [3.05, 3.63) is 68.9 Å². The van der Waals surface area contributed by atoms with E-state index in [4.69, 9.17) is 0 Å². The fraction of sp³-hybridized carbons (Fsp3) is 0.294. The molecule has 0 amide bonds. The van der Waals surface area contributed by atoms with Crippen LogP contribution in [0.1, 0.15) is 35.2 Å². The van der Waals surface area contributed by atoms with E-state index < -0.39 is 0 Å². The van der Waals surface area contributed by atoms with Crippen LogP contribution in [-0.2, 0) is 0 Å². The van der Waals surface area contributed by atoms with Gasteiger partial charge in [-0.1, -0.05) is 41.1 Å². The summed E-state index contributed by atoms with van der Waals surface area (Å²) < 4.78 is 14.7. The molecule has 3 heteroatoms. The standard InChI is InChI=1S/C17H19BrFN/c1-4-20-17(13-5-6-16(18)12(3)9-13)14-7-11(2)8-15(19)10-14/h5-10,17,20H,4H2,1-3H3. The van der Waals surface area contributed by atoms with E-state index in [1.165, 1.54) is 5.56 Å². The Morgan fingerprint density at radius 1 is 1.10 bits per heavy atom. The Hall–Kier alpha value is -1.19. The zero-order valence-corrected chi connectivity index (χ0v) is 13.6. The summed E-state index contributed by atoms with van der Waals surface area (Å²) in [5.41, 5.74) is 4.24. The van der Waals surface area contributed by atoms with Crippen LogP contribution in [0.5, 0.6) is 0 Å². The first-order valence-corrected chi connectivity index (χ1v) is 7.57. The number of hydrogen-bond acceptors (Lipinski definition) is 1. The lowest BCUT2D eigenvalue weighted by Gasteiger charge is -2.20. The first-order valence-electron chi connectivity index (χ1n) is 6.77. The Bertz CT molecular complexity index is 590. The molecule has 0 saturated carbocycles. The normalized spacial score (nSPS) is 12.4. The summed E-state index contributed by atoms with van der Waals surface area (Å²) in [5.74, 6) is -0.184. The molecule has 0 aliphatic rings. The molecule has 2 rings (SSSR count). The van der Waals surface area contributed by atoms with Crippen molar-refractivity contribution in [1.82, 2.24) is 5.32 Å². The maximum Gasteiger partial charge on any atom is 0.123 e. The zero-order valence-electron chi connectivity index (χ0n) is 12.0. The lowest BCUT2D eigenvalue weighted by atomic mass is 9.96. The molecule has 20 heavy (non-hydrogen) atoms. The monoisotopic (exact) mass is 335 g/mol. The molecule has 0 heterocycles. The highest BCUT2D eigenvalue weighted by molar-refractivity contribution is 9.10. The second-order valence-electron chi connectivity index (χ2n) is 5.06. The van der Waals surface area contributed by atoms with Gasteiger partial charge >= 0.3 is 0 Å². The molecular formula is C17H19BrFN. The Morgan fingerprint density at radius 2 is 1.85 bits per heavy atom. The molecule has 2 aromatic rings. The molecule has 1 unspecified atom stereocenters. The van der Waals surface area contributed by atoms with Crippen LogP contribution in [0.2, 0.25) is 0 Å². The second kappa shape index (κ2) is 6.51. The number of hydrogen-bond donors (Lipinski definition) is 1. The maximum atomic E-state index is 13.7. The van der Waals surface area contributed by atoms with E-state index >= 15 is 0 Å². The highest BCUT2D eigenvalue weighted by atomic mass is 79.9. The van der Waals surface area contributed by atoms with Crippen molar-refractivity contribution in [1.29, 1.82) is 0 Å². The fourth-order valence-electron chi connectivity index (χ4n) is 2.41. The molecular weight excluding hydrogens is 317 g/mol. The minimum absolute atomic E-state index is 0.0150. The third kappa shape index (κ3) is 3.47. The van der Waals surface area contributed by atoms with Gasteiger partial charge < -0.3 is 5.32 Å². The number of halogens is 2. The molecule has 0 fully saturated rings. The van der Waals surface area contributed by atoms with Gasteiger partial charge in [-0.3, -0.25) is 0 Å². The van der Waals surface area contributed by atoms with Gasteiger partial charge in [0, 0.05) is 4.47 Å². The van der Waals surface area contributed by atoms with Crippen LogP contribution in [0.4, 0.5) is 4.39 Å². The first kappa shape index (κ1) is 15.2. The molecule has 0 aliphatic carbocycles. The van der Waals surface area contributed by atoms with Crippen molar-refractivity contribution in [2.45, 2.75) is 26.8 Å². The summed E-state index contributed by atoms with van der Waals surface area (Å²) >= 11 is 3.52. The highest BCUT2D eigenvalue weighted by Gasteiger charge is 2.15. The lowest BCUT2D eigenvalue weighted by molar-refractivity contribution is 0.601. The van der Waals surface area contributed by atoms with Gasteiger partial charge in [-0.05, 0) is 60.8 Å². The Labute approximate surface area is 128 Å². The van der Waals surface area contributed by atoms with Crippen molar-refractivity contribution < 1.29 is 4.39 Å². The minimum Gasteiger partial charge on any atom is -0.307 e. The van der Waals surface area contributed by atoms with Crippen LogP contribution in [0, 0.1) is 19.7 Å². The van der Waals surface area contributed by atoms with Gasteiger partial charge in [-0.15, -0.1) is 0 Å². The van der Waals surface area contributed by atoms with Gasteiger partial charge in [0.05, 0.1) is 6.04 Å². The van der Waals surface area contributed by atoms with E-state index in [9.17, 15) is 4.39 Å². The third-order valence-electron chi connectivity index (χ3n) is 3.32. The van der Waals surface area contributed by atoms with Crippen LogP contribution < -0.4 is 5.32 Å². The van der Waals surface area contributed by atoms with Crippen molar-refractivity contribution in [2.75, 3.05) is 6.54 Å². The number of nitrogens with one attached hydrogen (secondary N) is 1. The topological polar surface area (TPSA) is 12.0 Å². The van der Waals surface area contributed by atoms with Crippen LogP contribution in [0.15, 0.2) is 40.9 Å². The molecule has 2 aromatic carbocycles. The molecule has 0 saturated heterocycles. The highest BCUT2D eigenvalue weighted by Crippen LogP contribution is 2.27. The summed E-state index contributed by atoms with van der Waals surface area (Å²) in [6, 6.07) is 11.5. The van der Waals surface area contributed by atoms with Crippen molar-refractivity contribution >= 4 is 15.9 Å². The predicted molar refractivity (Wildman–Crippen MR) is 85.5 cm³/mol. The summed E-state index contributed by atoms with van der Waals surface area (Å²) in [6.45, 7) is 6.87. The van der Waals surface area contributed by atoms with Crippen molar-refractivity contribution in [3.8, 4) is 0 Å². The average molecular weight is 336 g/mol. The van der Waals surface area contributed by atoms with Crippen molar-refractivity contribution in [2.24, 2.45) is 0 Å². The largest absolute Gasteiger partial charge is 0.307 e. The van der Waals surface area contributed by atoms with E-state index in [1.807, 2.05) is 19.1 Å². The summed E-state index contributed by atoms with van der Waals surface area (Å²) in [6.07, 6.45) is 0. The van der Waals surface area contributed by atoms with E-state index in [2.05, 4.69) is 47.2 Å². The van der Waals surface area contributed by atoms with Crippen LogP contribution in [0.3, 0.4) is 0 Å². The maximum absolute atomic E-state index is 13.7. The molecule has 0 spiro atoms. The van der Waals surface area contributed by atoms with Gasteiger partial charge in [0.15, 0.2) is 0 Å². The van der Waals surface area contributed by atoms with Crippen LogP contribution in [-0.4, -0.2) is 6.54 Å². The SMILES string of the molecule is CCNC(c1cc(C)cc(F)c1)c1ccc(Br)c(C)c1. The quantitative estimate of drug-likeness (QED) is 0.837. The van der Waals surface area contributed by atoms with E-state index in [0.717, 1.165) is 27.7 Å².